The topological polar surface area (TPSA) is 108 Å². The molecule has 0 heterocycles. The van der Waals surface area contributed by atoms with Crippen LogP contribution in [0.15, 0.2) is 18.2 Å². The molecular weight excluding hydrogens is 246 g/mol. The van der Waals surface area contributed by atoms with Gasteiger partial charge < -0.3 is 10.3 Å². The van der Waals surface area contributed by atoms with Gasteiger partial charge in [-0.1, -0.05) is 0 Å². The van der Waals surface area contributed by atoms with E-state index in [4.69, 9.17) is 11.1 Å². The van der Waals surface area contributed by atoms with Crippen LogP contribution in [-0.4, -0.2) is 17.5 Å². The standard InChI is InChI=1S/C12H17N5O2/c1-9(2)16(5-3-4-13)11-6-10(15-14)7-12(8-11)17(18)19/h6-9,15H,3,5,14H2,1-2H3. The molecule has 3 N–H and O–H groups in total. The van der Waals surface area contributed by atoms with E-state index in [9.17, 15) is 10.1 Å². The molecule has 102 valence electrons. The summed E-state index contributed by atoms with van der Waals surface area (Å²) in [5.74, 6) is 5.32. The zero-order chi connectivity index (χ0) is 14.4. The van der Waals surface area contributed by atoms with Crippen LogP contribution in [0.1, 0.15) is 20.3 Å². The fourth-order valence-electron chi connectivity index (χ4n) is 1.81. The van der Waals surface area contributed by atoms with Gasteiger partial charge in [-0.15, -0.1) is 0 Å². The van der Waals surface area contributed by atoms with Crippen molar-refractivity contribution in [1.29, 1.82) is 5.26 Å². The summed E-state index contributed by atoms with van der Waals surface area (Å²) in [4.78, 5) is 12.4. The number of nitro benzene ring substituents is 1. The van der Waals surface area contributed by atoms with Gasteiger partial charge in [-0.05, 0) is 19.9 Å². The summed E-state index contributed by atoms with van der Waals surface area (Å²) in [6.07, 6.45) is 0.353. The van der Waals surface area contributed by atoms with Crippen LogP contribution in [0.2, 0.25) is 0 Å². The Kier molecular flexibility index (Phi) is 5.09. The number of nitrogens with two attached hydrogens (primary N) is 1. The molecule has 0 bridgehead atoms. The van der Waals surface area contributed by atoms with Crippen LogP contribution in [0.4, 0.5) is 17.1 Å². The van der Waals surface area contributed by atoms with E-state index in [2.05, 4.69) is 11.5 Å². The summed E-state index contributed by atoms with van der Waals surface area (Å²) >= 11 is 0. The molecule has 0 saturated carbocycles. The van der Waals surface area contributed by atoms with Gasteiger partial charge in [-0.3, -0.25) is 16.0 Å². The number of nitrogens with zero attached hydrogens (tertiary/aromatic N) is 3. The third-order valence-electron chi connectivity index (χ3n) is 2.70. The first-order valence-corrected chi connectivity index (χ1v) is 5.89. The first-order chi connectivity index (χ1) is 8.99. The molecule has 7 heteroatoms. The molecule has 0 aliphatic rings. The van der Waals surface area contributed by atoms with E-state index in [0.29, 0.717) is 24.3 Å². The fraction of sp³-hybridized carbons (Fsp3) is 0.417. The van der Waals surface area contributed by atoms with Crippen molar-refractivity contribution >= 4 is 17.1 Å². The van der Waals surface area contributed by atoms with Crippen LogP contribution in [0.3, 0.4) is 0 Å². The SMILES string of the molecule is CC(C)N(CCC#N)c1cc(NN)cc([N+](=O)[O-])c1. The molecule has 0 radical (unpaired) electrons. The summed E-state index contributed by atoms with van der Waals surface area (Å²) in [5.41, 5.74) is 3.52. The Morgan fingerprint density at radius 2 is 2.21 bits per heavy atom. The van der Waals surface area contributed by atoms with Crippen molar-refractivity contribution in [2.24, 2.45) is 5.84 Å². The number of hydrogen-bond donors (Lipinski definition) is 2. The van der Waals surface area contributed by atoms with Gasteiger partial charge in [0.05, 0.1) is 23.1 Å². The van der Waals surface area contributed by atoms with E-state index >= 15 is 0 Å². The first kappa shape index (κ1) is 14.7. The quantitative estimate of drug-likeness (QED) is 0.461. The van der Waals surface area contributed by atoms with Crippen molar-refractivity contribution in [2.75, 3.05) is 16.9 Å². The third kappa shape index (κ3) is 3.82. The van der Waals surface area contributed by atoms with Crippen LogP contribution in [0.5, 0.6) is 0 Å². The Labute approximate surface area is 111 Å². The number of nitro groups is 1. The van der Waals surface area contributed by atoms with E-state index in [-0.39, 0.29) is 11.7 Å². The summed E-state index contributed by atoms with van der Waals surface area (Å²) < 4.78 is 0. The zero-order valence-electron chi connectivity index (χ0n) is 11.0. The maximum absolute atomic E-state index is 10.9. The van der Waals surface area contributed by atoms with E-state index < -0.39 is 4.92 Å². The number of hydrazine groups is 1. The average Bonchev–Trinajstić information content (AvgIpc) is 2.38. The zero-order valence-corrected chi connectivity index (χ0v) is 11.0. The van der Waals surface area contributed by atoms with Gasteiger partial charge >= 0.3 is 0 Å². The first-order valence-electron chi connectivity index (χ1n) is 5.89. The Bertz CT molecular complexity index is 495. The van der Waals surface area contributed by atoms with E-state index in [1.807, 2.05) is 18.7 Å². The van der Waals surface area contributed by atoms with Crippen LogP contribution in [-0.2, 0) is 0 Å². The normalized spacial score (nSPS) is 10.1. The van der Waals surface area contributed by atoms with Gasteiger partial charge in [0.1, 0.15) is 0 Å². The second kappa shape index (κ2) is 6.56. The lowest BCUT2D eigenvalue weighted by molar-refractivity contribution is -0.384. The summed E-state index contributed by atoms with van der Waals surface area (Å²) in [5, 5.41) is 19.6. The van der Waals surface area contributed by atoms with Gasteiger partial charge in [0.15, 0.2) is 0 Å². The van der Waals surface area contributed by atoms with Gasteiger partial charge in [-0.25, -0.2) is 0 Å². The summed E-state index contributed by atoms with van der Waals surface area (Å²) in [7, 11) is 0. The minimum Gasteiger partial charge on any atom is -0.368 e. The second-order valence-electron chi connectivity index (χ2n) is 4.33. The molecule has 1 rings (SSSR count). The van der Waals surface area contributed by atoms with Gasteiger partial charge in [0.25, 0.3) is 5.69 Å². The monoisotopic (exact) mass is 263 g/mol. The van der Waals surface area contributed by atoms with E-state index in [1.54, 1.807) is 6.07 Å². The lowest BCUT2D eigenvalue weighted by Crippen LogP contribution is -2.31. The highest BCUT2D eigenvalue weighted by molar-refractivity contribution is 5.64. The Hall–Kier alpha value is -2.33. The molecule has 19 heavy (non-hydrogen) atoms. The third-order valence-corrected chi connectivity index (χ3v) is 2.70. The molecule has 0 unspecified atom stereocenters. The largest absolute Gasteiger partial charge is 0.368 e. The van der Waals surface area contributed by atoms with E-state index in [1.165, 1.54) is 12.1 Å². The maximum Gasteiger partial charge on any atom is 0.273 e. The molecule has 1 aromatic rings. The number of benzene rings is 1. The van der Waals surface area contributed by atoms with E-state index in [0.717, 1.165) is 0 Å². The lowest BCUT2D eigenvalue weighted by atomic mass is 10.2. The number of nitriles is 1. The number of nitrogens with one attached hydrogen (secondary N) is 1. The molecule has 0 fully saturated rings. The number of anilines is 2. The van der Waals surface area contributed by atoms with Crippen molar-refractivity contribution in [3.63, 3.8) is 0 Å². The van der Waals surface area contributed by atoms with Gasteiger partial charge in [0, 0.05) is 30.4 Å². The minimum absolute atomic E-state index is 0.0342. The number of rotatable bonds is 6. The van der Waals surface area contributed by atoms with Crippen molar-refractivity contribution < 1.29 is 4.92 Å². The highest BCUT2D eigenvalue weighted by atomic mass is 16.6. The fourth-order valence-corrected chi connectivity index (χ4v) is 1.81. The second-order valence-corrected chi connectivity index (χ2v) is 4.33. The molecule has 0 saturated heterocycles. The molecule has 1 aromatic carbocycles. The Morgan fingerprint density at radius 3 is 2.68 bits per heavy atom. The van der Waals surface area contributed by atoms with Gasteiger partial charge in [-0.2, -0.15) is 5.26 Å². The Morgan fingerprint density at radius 1 is 1.53 bits per heavy atom. The summed E-state index contributed by atoms with van der Waals surface area (Å²) in [6.45, 7) is 4.44. The molecule has 0 spiro atoms. The molecule has 7 nitrogen and oxygen atoms in total. The smallest absolute Gasteiger partial charge is 0.273 e. The number of non-ortho nitro benzene ring substituents is 1. The maximum atomic E-state index is 10.9. The van der Waals surface area contributed by atoms with Crippen LogP contribution in [0.25, 0.3) is 0 Å². The number of nitrogen functional groups attached to an aromatic ring is 1. The summed E-state index contributed by atoms with van der Waals surface area (Å²) in [6, 6.07) is 6.78. The van der Waals surface area contributed by atoms with Crippen molar-refractivity contribution in [1.82, 2.24) is 0 Å². The van der Waals surface area contributed by atoms with Crippen molar-refractivity contribution in [3.05, 3.63) is 28.3 Å². The molecule has 0 atom stereocenters. The predicted octanol–water partition coefficient (Wildman–Crippen LogP) is 2.01. The highest BCUT2D eigenvalue weighted by Crippen LogP contribution is 2.28. The van der Waals surface area contributed by atoms with Crippen molar-refractivity contribution in [2.45, 2.75) is 26.3 Å². The molecular formula is C12H17N5O2. The van der Waals surface area contributed by atoms with Gasteiger partial charge in [0.2, 0.25) is 0 Å². The minimum atomic E-state index is -0.465. The number of hydrogen-bond acceptors (Lipinski definition) is 6. The molecule has 0 amide bonds. The van der Waals surface area contributed by atoms with Crippen LogP contribution >= 0.6 is 0 Å². The molecule has 0 aromatic heterocycles. The Balaban J connectivity index is 3.18. The van der Waals surface area contributed by atoms with Crippen LogP contribution < -0.4 is 16.2 Å². The molecule has 0 aliphatic heterocycles. The predicted molar refractivity (Wildman–Crippen MR) is 73.6 cm³/mol. The van der Waals surface area contributed by atoms with Crippen molar-refractivity contribution in [3.8, 4) is 6.07 Å². The highest BCUT2D eigenvalue weighted by Gasteiger charge is 2.16. The average molecular weight is 263 g/mol. The molecule has 0 aliphatic carbocycles. The van der Waals surface area contributed by atoms with Crippen LogP contribution in [0, 0.1) is 21.4 Å². The lowest BCUT2D eigenvalue weighted by Gasteiger charge is -2.28.